The van der Waals surface area contributed by atoms with Crippen LogP contribution in [0.5, 0.6) is 5.75 Å². The Hall–Kier alpha value is -4.80. The summed E-state index contributed by atoms with van der Waals surface area (Å²) < 4.78 is 10.2. The normalized spacial score (nSPS) is 11.9. The fraction of sp³-hybridized carbons (Fsp3) is 0.294. The number of aldehydes is 1. The number of rotatable bonds is 12. The van der Waals surface area contributed by atoms with Crippen molar-refractivity contribution in [3.05, 3.63) is 106 Å². The summed E-state index contributed by atoms with van der Waals surface area (Å²) in [4.78, 5) is 45.2. The van der Waals surface area contributed by atoms with Crippen LogP contribution in [0.3, 0.4) is 0 Å². The average Bonchev–Trinajstić information content (AvgIpc) is 3.55. The number of nitrogens with one attached hydrogen (secondary N) is 3. The zero-order chi connectivity index (χ0) is 32.2. The van der Waals surface area contributed by atoms with E-state index >= 15 is 0 Å². The topological polar surface area (TPSA) is 148 Å². The van der Waals surface area contributed by atoms with Gasteiger partial charge >= 0.3 is 5.97 Å². The first-order chi connectivity index (χ1) is 21.2. The highest BCUT2D eigenvalue weighted by Crippen LogP contribution is 2.23. The molecule has 0 aliphatic carbocycles. The molecule has 1 amide bonds. The van der Waals surface area contributed by atoms with Crippen molar-refractivity contribution in [2.45, 2.75) is 45.8 Å². The first kappa shape index (κ1) is 33.7. The minimum absolute atomic E-state index is 0.208. The molecule has 0 saturated heterocycles. The van der Waals surface area contributed by atoms with Gasteiger partial charge in [-0.15, -0.1) is 0 Å². The van der Waals surface area contributed by atoms with Gasteiger partial charge in [0.25, 0.3) is 0 Å². The second kappa shape index (κ2) is 16.2. The third kappa shape index (κ3) is 8.40. The second-order valence-corrected chi connectivity index (χ2v) is 10.2. The molecule has 4 aromatic rings. The molecule has 10 heteroatoms. The van der Waals surface area contributed by atoms with E-state index in [0.717, 1.165) is 39.8 Å². The number of esters is 1. The Bertz CT molecular complexity index is 1540. The molecule has 4 rings (SSSR count). The van der Waals surface area contributed by atoms with Gasteiger partial charge in [-0.25, -0.2) is 9.78 Å². The van der Waals surface area contributed by atoms with Crippen molar-refractivity contribution in [3.63, 3.8) is 0 Å². The van der Waals surface area contributed by atoms with Gasteiger partial charge in [0.15, 0.2) is 0 Å². The number of H-pyrrole nitrogens is 1. The lowest BCUT2D eigenvalue weighted by Crippen LogP contribution is -2.46. The number of aromatic amines is 1. The largest absolute Gasteiger partial charge is 0.496 e. The van der Waals surface area contributed by atoms with E-state index < -0.39 is 12.0 Å². The number of hydrogen-bond donors (Lipinski definition) is 4. The molecular formula is C34H41N5O5. The molecule has 0 radical (unpaired) electrons. The highest BCUT2D eigenvalue weighted by molar-refractivity contribution is 5.92. The van der Waals surface area contributed by atoms with Gasteiger partial charge in [0.1, 0.15) is 23.4 Å². The maximum Gasteiger partial charge on any atom is 0.341 e. The SMILES string of the molecule is CN.COC(=O)c1cc(CNC(Cc2c(C)cc(C=O)cc2C)C(=O)NC(C)c2ncc(-c3ccccc3)[nH]2)ccc1OC. The smallest absolute Gasteiger partial charge is 0.341 e. The van der Waals surface area contributed by atoms with E-state index in [2.05, 4.69) is 26.3 Å². The van der Waals surface area contributed by atoms with E-state index in [1.54, 1.807) is 18.3 Å². The third-order valence-corrected chi connectivity index (χ3v) is 7.25. The van der Waals surface area contributed by atoms with Crippen molar-refractivity contribution in [3.8, 4) is 17.0 Å². The zero-order valence-electron chi connectivity index (χ0n) is 26.1. The fourth-order valence-corrected chi connectivity index (χ4v) is 4.96. The van der Waals surface area contributed by atoms with Gasteiger partial charge in [-0.3, -0.25) is 9.59 Å². The van der Waals surface area contributed by atoms with Crippen LogP contribution < -0.4 is 21.1 Å². The molecule has 1 aromatic heterocycles. The van der Waals surface area contributed by atoms with Crippen LogP contribution in [0.1, 0.15) is 61.8 Å². The number of nitrogens with zero attached hydrogens (tertiary/aromatic N) is 1. The predicted octanol–water partition coefficient (Wildman–Crippen LogP) is 4.45. The van der Waals surface area contributed by atoms with Gasteiger partial charge in [0, 0.05) is 12.1 Å². The number of hydrogen-bond acceptors (Lipinski definition) is 8. The number of ether oxygens (including phenoxy) is 2. The summed E-state index contributed by atoms with van der Waals surface area (Å²) in [5.41, 5.74) is 10.9. The van der Waals surface area contributed by atoms with Gasteiger partial charge in [-0.2, -0.15) is 0 Å². The van der Waals surface area contributed by atoms with E-state index in [1.165, 1.54) is 21.3 Å². The van der Waals surface area contributed by atoms with Crippen LogP contribution in [-0.4, -0.2) is 55.4 Å². The van der Waals surface area contributed by atoms with E-state index in [0.29, 0.717) is 35.7 Å². The molecule has 0 saturated carbocycles. The van der Waals surface area contributed by atoms with Crippen molar-refractivity contribution in [2.75, 3.05) is 21.3 Å². The van der Waals surface area contributed by atoms with Crippen LogP contribution in [0.25, 0.3) is 11.3 Å². The first-order valence-corrected chi connectivity index (χ1v) is 14.3. The van der Waals surface area contributed by atoms with E-state index in [4.69, 9.17) is 9.47 Å². The minimum atomic E-state index is -0.626. The number of imidazole rings is 1. The fourth-order valence-electron chi connectivity index (χ4n) is 4.96. The number of benzene rings is 3. The summed E-state index contributed by atoms with van der Waals surface area (Å²) in [6.45, 7) is 6.06. The molecule has 0 fully saturated rings. The standard InChI is InChI=1S/C33H36N4O5.CH5N/c1-20-13-24(19-38)14-21(2)26(20)16-28(34-17-23-11-12-30(41-4)27(15-23)33(40)42-5)32(39)36-22(3)31-35-18-29(37-31)25-9-7-6-8-10-25;1-2/h6-15,18-19,22,28,34H,16-17H2,1-5H3,(H,35,37)(H,36,39);2H2,1H3. The van der Waals surface area contributed by atoms with Crippen LogP contribution in [0, 0.1) is 13.8 Å². The van der Waals surface area contributed by atoms with Crippen LogP contribution in [-0.2, 0) is 22.5 Å². The molecule has 3 aromatic carbocycles. The van der Waals surface area contributed by atoms with E-state index in [-0.39, 0.29) is 11.9 Å². The lowest BCUT2D eigenvalue weighted by molar-refractivity contribution is -0.123. The summed E-state index contributed by atoms with van der Waals surface area (Å²) in [6.07, 6.45) is 2.97. The zero-order valence-corrected chi connectivity index (χ0v) is 26.1. The van der Waals surface area contributed by atoms with Gasteiger partial charge < -0.3 is 30.8 Å². The summed E-state index contributed by atoms with van der Waals surface area (Å²) in [5, 5.41) is 6.46. The number of aromatic nitrogens is 2. The molecule has 1 heterocycles. The van der Waals surface area contributed by atoms with E-state index in [9.17, 15) is 14.4 Å². The molecule has 0 bridgehead atoms. The monoisotopic (exact) mass is 599 g/mol. The molecule has 10 nitrogen and oxygen atoms in total. The van der Waals surface area contributed by atoms with Crippen molar-refractivity contribution in [1.29, 1.82) is 0 Å². The lowest BCUT2D eigenvalue weighted by Gasteiger charge is -2.23. The molecule has 2 atom stereocenters. The number of methoxy groups -OCH3 is 2. The molecule has 44 heavy (non-hydrogen) atoms. The summed E-state index contributed by atoms with van der Waals surface area (Å²) in [5.74, 6) is 0.330. The molecule has 5 N–H and O–H groups in total. The predicted molar refractivity (Wildman–Crippen MR) is 171 cm³/mol. The van der Waals surface area contributed by atoms with Crippen LogP contribution in [0.4, 0.5) is 0 Å². The average molecular weight is 600 g/mol. The Balaban J connectivity index is 0.00000259. The summed E-state index contributed by atoms with van der Waals surface area (Å²) in [6, 6.07) is 17.7. The molecular weight excluding hydrogens is 558 g/mol. The van der Waals surface area contributed by atoms with Crippen molar-refractivity contribution in [1.82, 2.24) is 20.6 Å². The Morgan fingerprint density at radius 1 is 1.02 bits per heavy atom. The molecule has 2 unspecified atom stereocenters. The number of amides is 1. The lowest BCUT2D eigenvalue weighted by atomic mass is 9.93. The Morgan fingerprint density at radius 2 is 1.70 bits per heavy atom. The van der Waals surface area contributed by atoms with Gasteiger partial charge in [0.2, 0.25) is 5.91 Å². The Morgan fingerprint density at radius 3 is 2.32 bits per heavy atom. The third-order valence-electron chi connectivity index (χ3n) is 7.25. The number of carbonyl (C=O) groups excluding carboxylic acids is 3. The summed E-state index contributed by atoms with van der Waals surface area (Å²) >= 11 is 0. The van der Waals surface area contributed by atoms with Crippen LogP contribution >= 0.6 is 0 Å². The Labute approximate surface area is 258 Å². The van der Waals surface area contributed by atoms with Gasteiger partial charge in [-0.1, -0.05) is 36.4 Å². The molecule has 0 aliphatic rings. The first-order valence-electron chi connectivity index (χ1n) is 14.3. The van der Waals surface area contributed by atoms with Crippen molar-refractivity contribution >= 4 is 18.2 Å². The quantitative estimate of drug-likeness (QED) is 0.138. The highest BCUT2D eigenvalue weighted by Gasteiger charge is 2.24. The van der Waals surface area contributed by atoms with Crippen LogP contribution in [0.15, 0.2) is 66.9 Å². The number of aryl methyl sites for hydroxylation is 2. The molecule has 0 aliphatic heterocycles. The second-order valence-electron chi connectivity index (χ2n) is 10.2. The van der Waals surface area contributed by atoms with Crippen molar-refractivity contribution < 1.29 is 23.9 Å². The molecule has 0 spiro atoms. The maximum absolute atomic E-state index is 13.7. The van der Waals surface area contributed by atoms with E-state index in [1.807, 2.05) is 69.3 Å². The maximum atomic E-state index is 13.7. The number of nitrogens with two attached hydrogens (primary N) is 1. The minimum Gasteiger partial charge on any atom is -0.496 e. The molecule has 232 valence electrons. The van der Waals surface area contributed by atoms with Gasteiger partial charge in [-0.05, 0) is 86.3 Å². The van der Waals surface area contributed by atoms with Crippen LogP contribution in [0.2, 0.25) is 0 Å². The highest BCUT2D eigenvalue weighted by atomic mass is 16.5. The van der Waals surface area contributed by atoms with Gasteiger partial charge in [0.05, 0.1) is 38.2 Å². The Kier molecular flexibility index (Phi) is 12.4. The summed E-state index contributed by atoms with van der Waals surface area (Å²) in [7, 11) is 4.31. The van der Waals surface area contributed by atoms with Crippen molar-refractivity contribution in [2.24, 2.45) is 5.73 Å². The number of carbonyl (C=O) groups is 3.